The van der Waals surface area contributed by atoms with Crippen molar-refractivity contribution < 1.29 is 8.78 Å². The number of aromatic nitrogens is 2. The summed E-state index contributed by atoms with van der Waals surface area (Å²) in [7, 11) is 0. The summed E-state index contributed by atoms with van der Waals surface area (Å²) in [5.74, 6) is -0.532. The molecule has 1 aliphatic heterocycles. The zero-order chi connectivity index (χ0) is 24.2. The van der Waals surface area contributed by atoms with Crippen LogP contribution in [-0.2, 0) is 11.4 Å². The van der Waals surface area contributed by atoms with Gasteiger partial charge in [0, 0.05) is 30.6 Å². The SMILES string of the molecule is Fc1cccc(-c2ccc(-c3c4c(c(-c5ccc(-c6cccc(F)c6)s5)c5nsnc35)N=S=N4)s2)c1. The summed E-state index contributed by atoms with van der Waals surface area (Å²) in [5, 5.41) is 0. The summed E-state index contributed by atoms with van der Waals surface area (Å²) in [6.07, 6.45) is 0. The smallest absolute Gasteiger partial charge is 0.123 e. The molecule has 4 heterocycles. The molecular weight excluding hydrogens is 535 g/mol. The number of benzene rings is 3. The summed E-state index contributed by atoms with van der Waals surface area (Å²) < 4.78 is 46.2. The Morgan fingerprint density at radius 2 is 1.03 bits per heavy atom. The zero-order valence-corrected chi connectivity index (χ0v) is 21.4. The van der Waals surface area contributed by atoms with Crippen LogP contribution < -0.4 is 0 Å². The van der Waals surface area contributed by atoms with Crippen LogP contribution >= 0.6 is 34.4 Å². The average molecular weight is 547 g/mol. The van der Waals surface area contributed by atoms with E-state index in [1.165, 1.54) is 24.3 Å². The minimum absolute atomic E-state index is 0.266. The molecule has 1 aliphatic rings. The molecule has 0 spiro atoms. The molecule has 0 bridgehead atoms. The molecule has 7 rings (SSSR count). The molecule has 0 unspecified atom stereocenters. The Balaban J connectivity index is 1.39. The van der Waals surface area contributed by atoms with Gasteiger partial charge in [0.2, 0.25) is 0 Å². The highest BCUT2D eigenvalue weighted by molar-refractivity contribution is 7.58. The van der Waals surface area contributed by atoms with Gasteiger partial charge in [-0.25, -0.2) is 8.78 Å². The van der Waals surface area contributed by atoms with Gasteiger partial charge in [0.25, 0.3) is 0 Å². The fraction of sp³-hybridized carbons (Fsp3) is 0. The van der Waals surface area contributed by atoms with Crippen LogP contribution in [0.1, 0.15) is 0 Å². The molecule has 3 aromatic carbocycles. The van der Waals surface area contributed by atoms with Crippen LogP contribution in [0.4, 0.5) is 20.2 Å². The van der Waals surface area contributed by atoms with Crippen molar-refractivity contribution >= 4 is 68.2 Å². The van der Waals surface area contributed by atoms with Gasteiger partial charge in [-0.15, -0.1) is 22.7 Å². The number of halogens is 2. The standard InChI is InChI=1S/C26H12F2N4S4/c27-15-5-1-3-13(11-15)17-7-9-19(33-17)21-23-25(31-35-29-23)22(26-24(21)30-36-32-26)20-10-8-18(34-20)14-4-2-6-16(28)12-14/h1-12H. The normalized spacial score (nSPS) is 12.3. The Labute approximate surface area is 219 Å². The van der Waals surface area contributed by atoms with Crippen molar-refractivity contribution in [2.45, 2.75) is 0 Å². The van der Waals surface area contributed by atoms with E-state index in [2.05, 4.69) is 17.5 Å². The van der Waals surface area contributed by atoms with Gasteiger partial charge >= 0.3 is 0 Å². The van der Waals surface area contributed by atoms with E-state index in [1.54, 1.807) is 34.8 Å². The van der Waals surface area contributed by atoms with Gasteiger partial charge in [0.05, 0.1) is 23.1 Å². The second kappa shape index (κ2) is 8.59. The van der Waals surface area contributed by atoms with Crippen LogP contribution in [0.5, 0.6) is 0 Å². The van der Waals surface area contributed by atoms with Gasteiger partial charge < -0.3 is 0 Å². The zero-order valence-electron chi connectivity index (χ0n) is 18.1. The van der Waals surface area contributed by atoms with Crippen molar-refractivity contribution in [1.29, 1.82) is 0 Å². The molecule has 0 aliphatic carbocycles. The molecule has 0 saturated carbocycles. The van der Waals surface area contributed by atoms with E-state index in [0.29, 0.717) is 0 Å². The average Bonchev–Trinajstić information content (AvgIpc) is 3.69. The lowest BCUT2D eigenvalue weighted by Gasteiger charge is -2.09. The maximum Gasteiger partial charge on any atom is 0.123 e. The van der Waals surface area contributed by atoms with E-state index in [9.17, 15) is 8.78 Å². The topological polar surface area (TPSA) is 50.5 Å². The van der Waals surface area contributed by atoms with Gasteiger partial charge in [-0.1, -0.05) is 24.3 Å². The van der Waals surface area contributed by atoms with Gasteiger partial charge in [0.1, 0.15) is 34.0 Å². The fourth-order valence-electron chi connectivity index (χ4n) is 4.26. The number of rotatable bonds is 4. The molecule has 0 N–H and O–H groups in total. The number of thiophene rings is 2. The predicted molar refractivity (Wildman–Crippen MR) is 146 cm³/mol. The van der Waals surface area contributed by atoms with Crippen LogP contribution in [-0.4, -0.2) is 8.75 Å². The molecule has 36 heavy (non-hydrogen) atoms. The summed E-state index contributed by atoms with van der Waals surface area (Å²) in [6.45, 7) is 0. The van der Waals surface area contributed by atoms with Crippen LogP contribution in [0.15, 0.2) is 81.5 Å². The lowest BCUT2D eigenvalue weighted by molar-refractivity contribution is 0.628. The molecule has 0 atom stereocenters. The molecule has 10 heteroatoms. The lowest BCUT2D eigenvalue weighted by Crippen LogP contribution is -1.85. The van der Waals surface area contributed by atoms with Gasteiger partial charge in [-0.2, -0.15) is 17.5 Å². The summed E-state index contributed by atoms with van der Waals surface area (Å²) in [4.78, 5) is 3.86. The van der Waals surface area contributed by atoms with E-state index >= 15 is 0 Å². The Morgan fingerprint density at radius 1 is 0.556 bits per heavy atom. The van der Waals surface area contributed by atoms with Crippen LogP contribution in [0, 0.1) is 11.6 Å². The third kappa shape index (κ3) is 3.56. The fourth-order valence-corrected chi connectivity index (χ4v) is 7.48. The molecule has 3 aromatic heterocycles. The lowest BCUT2D eigenvalue weighted by atomic mass is 10.0. The first-order valence-corrected chi connectivity index (χ1v) is 13.9. The van der Waals surface area contributed by atoms with Crippen LogP contribution in [0.3, 0.4) is 0 Å². The third-order valence-corrected chi connectivity index (χ3v) is 9.21. The van der Waals surface area contributed by atoms with Crippen molar-refractivity contribution in [1.82, 2.24) is 8.75 Å². The molecule has 174 valence electrons. The Bertz CT molecular complexity index is 1750. The molecule has 0 amide bonds. The van der Waals surface area contributed by atoms with E-state index in [0.717, 1.165) is 87.3 Å². The number of fused-ring (bicyclic) bond motifs is 2. The Kier molecular flexibility index (Phi) is 5.21. The minimum Gasteiger partial charge on any atom is -0.207 e. The Morgan fingerprint density at radius 3 is 1.50 bits per heavy atom. The second-order valence-electron chi connectivity index (χ2n) is 8.02. The molecular formula is C26H12F2N4S4. The first-order chi connectivity index (χ1) is 17.7. The van der Waals surface area contributed by atoms with Crippen molar-refractivity contribution in [3.8, 4) is 41.8 Å². The molecule has 0 radical (unpaired) electrons. The van der Waals surface area contributed by atoms with Crippen LogP contribution in [0.2, 0.25) is 0 Å². The maximum absolute atomic E-state index is 13.8. The minimum atomic E-state index is -0.266. The second-order valence-corrected chi connectivity index (χ2v) is 11.2. The molecule has 4 nitrogen and oxygen atoms in total. The number of hydrogen-bond acceptors (Lipinski definition) is 7. The highest BCUT2D eigenvalue weighted by Crippen LogP contribution is 2.54. The highest BCUT2D eigenvalue weighted by Gasteiger charge is 2.27. The van der Waals surface area contributed by atoms with E-state index < -0.39 is 0 Å². The van der Waals surface area contributed by atoms with Crippen molar-refractivity contribution in [3.05, 3.63) is 84.4 Å². The third-order valence-electron chi connectivity index (χ3n) is 5.85. The molecule has 0 saturated heterocycles. The van der Waals surface area contributed by atoms with Crippen molar-refractivity contribution in [2.75, 3.05) is 0 Å². The van der Waals surface area contributed by atoms with Crippen molar-refractivity contribution in [3.63, 3.8) is 0 Å². The molecule has 6 aromatic rings. The van der Waals surface area contributed by atoms with Crippen molar-refractivity contribution in [2.24, 2.45) is 8.73 Å². The monoisotopic (exact) mass is 546 g/mol. The maximum atomic E-state index is 13.8. The summed E-state index contributed by atoms with van der Waals surface area (Å²) in [5.41, 5.74) is 6.50. The van der Waals surface area contributed by atoms with E-state index in [1.807, 2.05) is 36.4 Å². The van der Waals surface area contributed by atoms with E-state index in [4.69, 9.17) is 0 Å². The highest BCUT2D eigenvalue weighted by atomic mass is 32.1. The predicted octanol–water partition coefficient (Wildman–Crippen LogP) is 9.49. The van der Waals surface area contributed by atoms with Gasteiger partial charge in [-0.05, 0) is 59.7 Å². The largest absolute Gasteiger partial charge is 0.207 e. The summed E-state index contributed by atoms with van der Waals surface area (Å²) >= 11 is 5.43. The first kappa shape index (κ1) is 21.8. The van der Waals surface area contributed by atoms with E-state index in [-0.39, 0.29) is 11.6 Å². The quantitative estimate of drug-likeness (QED) is 0.221. The summed E-state index contributed by atoms with van der Waals surface area (Å²) in [6, 6.07) is 21.2. The van der Waals surface area contributed by atoms with Gasteiger partial charge in [0.15, 0.2) is 0 Å². The van der Waals surface area contributed by atoms with Gasteiger partial charge in [-0.3, -0.25) is 0 Å². The number of nitrogens with zero attached hydrogens (tertiary/aromatic N) is 4. The first-order valence-electron chi connectivity index (χ1n) is 10.8. The Hall–Kier alpha value is -3.44. The number of hydrogen-bond donors (Lipinski definition) is 0. The molecule has 0 fully saturated rings. The van der Waals surface area contributed by atoms with Crippen LogP contribution in [0.25, 0.3) is 52.8 Å².